The summed E-state index contributed by atoms with van der Waals surface area (Å²) in [6, 6.07) is 18.8. The van der Waals surface area contributed by atoms with Gasteiger partial charge in [0, 0.05) is 47.1 Å². The van der Waals surface area contributed by atoms with E-state index in [0.29, 0.717) is 5.92 Å². The predicted molar refractivity (Wildman–Crippen MR) is 98.4 cm³/mol. The van der Waals surface area contributed by atoms with E-state index in [2.05, 4.69) is 48.6 Å². The molecule has 1 aliphatic rings. The molecule has 1 heterocycles. The lowest BCUT2D eigenvalue weighted by Gasteiger charge is -2.22. The van der Waals surface area contributed by atoms with Crippen LogP contribution in [0.15, 0.2) is 59.5 Å². The summed E-state index contributed by atoms with van der Waals surface area (Å²) in [4.78, 5) is 0.874. The van der Waals surface area contributed by atoms with Crippen LogP contribution in [0.3, 0.4) is 0 Å². The van der Waals surface area contributed by atoms with Gasteiger partial charge in [0.25, 0.3) is 0 Å². The Morgan fingerprint density at radius 3 is 2.54 bits per heavy atom. The summed E-state index contributed by atoms with van der Waals surface area (Å²) >= 11 is 0. The normalized spacial score (nSPS) is 23.1. The van der Waals surface area contributed by atoms with Gasteiger partial charge in [0.15, 0.2) is 0 Å². The van der Waals surface area contributed by atoms with E-state index in [1.54, 1.807) is 6.26 Å². The highest BCUT2D eigenvalue weighted by molar-refractivity contribution is 7.84. The first-order chi connectivity index (χ1) is 11.6. The van der Waals surface area contributed by atoms with E-state index in [1.165, 1.54) is 11.1 Å². The van der Waals surface area contributed by atoms with Crippen molar-refractivity contribution in [3.05, 3.63) is 65.7 Å². The van der Waals surface area contributed by atoms with E-state index in [4.69, 9.17) is 4.74 Å². The minimum atomic E-state index is -0.919. The van der Waals surface area contributed by atoms with Gasteiger partial charge in [0.2, 0.25) is 0 Å². The van der Waals surface area contributed by atoms with Crippen molar-refractivity contribution >= 4 is 10.8 Å². The van der Waals surface area contributed by atoms with Crippen molar-refractivity contribution in [1.82, 2.24) is 5.32 Å². The van der Waals surface area contributed by atoms with Crippen LogP contribution in [-0.2, 0) is 15.5 Å². The number of benzene rings is 2. The van der Waals surface area contributed by atoms with E-state index in [0.717, 1.165) is 24.5 Å². The summed E-state index contributed by atoms with van der Waals surface area (Å²) in [6.45, 7) is 3.94. The van der Waals surface area contributed by atoms with Crippen LogP contribution in [0.1, 0.15) is 36.6 Å². The fourth-order valence-electron chi connectivity index (χ4n) is 3.25. The molecule has 3 rings (SSSR count). The molecule has 0 amide bonds. The summed E-state index contributed by atoms with van der Waals surface area (Å²) in [5, 5.41) is 3.63. The zero-order chi connectivity index (χ0) is 16.9. The number of hydrogen-bond acceptors (Lipinski definition) is 3. The summed E-state index contributed by atoms with van der Waals surface area (Å²) in [5.41, 5.74) is 2.49. The topological polar surface area (TPSA) is 38.3 Å². The molecule has 24 heavy (non-hydrogen) atoms. The molecule has 1 N–H and O–H groups in total. The third-order valence-electron chi connectivity index (χ3n) is 4.74. The van der Waals surface area contributed by atoms with Crippen molar-refractivity contribution < 1.29 is 8.95 Å². The molecular weight excluding hydrogens is 318 g/mol. The Hall–Kier alpha value is -1.49. The van der Waals surface area contributed by atoms with Crippen molar-refractivity contribution in [1.29, 1.82) is 0 Å². The highest BCUT2D eigenvalue weighted by Crippen LogP contribution is 2.34. The third kappa shape index (κ3) is 4.12. The van der Waals surface area contributed by atoms with E-state index in [9.17, 15) is 4.21 Å². The van der Waals surface area contributed by atoms with Gasteiger partial charge < -0.3 is 10.1 Å². The van der Waals surface area contributed by atoms with Gasteiger partial charge in [-0.1, -0.05) is 42.5 Å². The second-order valence-corrected chi connectivity index (χ2v) is 7.78. The Bertz CT molecular complexity index is 672. The molecule has 128 valence electrons. The van der Waals surface area contributed by atoms with Crippen LogP contribution in [0, 0.1) is 5.92 Å². The predicted octanol–water partition coefficient (Wildman–Crippen LogP) is 3.85. The SMILES string of the molecule is C[C@H](NC[C@@H]1CCO[C@@H]1c1ccccc1)c1ccc([S@](C)=O)cc1. The number of nitrogens with one attached hydrogen (secondary N) is 1. The van der Waals surface area contributed by atoms with Crippen molar-refractivity contribution in [3.8, 4) is 0 Å². The van der Waals surface area contributed by atoms with Crippen LogP contribution in [-0.4, -0.2) is 23.6 Å². The number of hydrogen-bond donors (Lipinski definition) is 1. The average molecular weight is 343 g/mol. The molecule has 0 spiro atoms. The molecule has 4 heteroatoms. The van der Waals surface area contributed by atoms with Crippen LogP contribution in [0.4, 0.5) is 0 Å². The third-order valence-corrected chi connectivity index (χ3v) is 5.68. The van der Waals surface area contributed by atoms with E-state index in [1.807, 2.05) is 18.2 Å². The van der Waals surface area contributed by atoms with Gasteiger partial charge in [-0.3, -0.25) is 4.21 Å². The zero-order valence-corrected chi connectivity index (χ0v) is 15.1. The van der Waals surface area contributed by atoms with E-state index >= 15 is 0 Å². The second kappa shape index (κ2) is 8.06. The van der Waals surface area contributed by atoms with Crippen LogP contribution in [0.2, 0.25) is 0 Å². The molecule has 1 saturated heterocycles. The summed E-state index contributed by atoms with van der Waals surface area (Å²) in [5.74, 6) is 0.497. The van der Waals surface area contributed by atoms with Gasteiger partial charge >= 0.3 is 0 Å². The minimum Gasteiger partial charge on any atom is -0.373 e. The standard InChI is InChI=1S/C20H25NO2S/c1-15(16-8-10-19(11-9-16)24(2)22)21-14-18-12-13-23-20(18)17-6-4-3-5-7-17/h3-11,15,18,20-21H,12-14H2,1-2H3/t15-,18-,20+,24-/m0/s1. The maximum atomic E-state index is 11.5. The fraction of sp³-hybridized carbons (Fsp3) is 0.400. The molecule has 4 atom stereocenters. The molecule has 0 aliphatic carbocycles. The van der Waals surface area contributed by atoms with Gasteiger partial charge in [-0.2, -0.15) is 0 Å². The Balaban J connectivity index is 1.59. The molecule has 2 aromatic rings. The minimum absolute atomic E-state index is 0.191. The van der Waals surface area contributed by atoms with Gasteiger partial charge in [-0.15, -0.1) is 0 Å². The van der Waals surface area contributed by atoms with Gasteiger partial charge in [0.1, 0.15) is 0 Å². The molecule has 0 radical (unpaired) electrons. The Morgan fingerprint density at radius 1 is 1.17 bits per heavy atom. The largest absolute Gasteiger partial charge is 0.373 e. The average Bonchev–Trinajstić information content (AvgIpc) is 3.09. The second-order valence-electron chi connectivity index (χ2n) is 6.40. The van der Waals surface area contributed by atoms with Crippen molar-refractivity contribution in [2.75, 3.05) is 19.4 Å². The van der Waals surface area contributed by atoms with Gasteiger partial charge in [-0.05, 0) is 36.6 Å². The molecule has 2 aromatic carbocycles. The Labute approximate surface area is 146 Å². The number of rotatable bonds is 6. The van der Waals surface area contributed by atoms with Crippen LogP contribution >= 0.6 is 0 Å². The lowest BCUT2D eigenvalue weighted by atomic mass is 9.95. The monoisotopic (exact) mass is 343 g/mol. The van der Waals surface area contributed by atoms with Crippen LogP contribution in [0.5, 0.6) is 0 Å². The van der Waals surface area contributed by atoms with Crippen LogP contribution < -0.4 is 5.32 Å². The fourth-order valence-corrected chi connectivity index (χ4v) is 3.77. The molecule has 3 nitrogen and oxygen atoms in total. The zero-order valence-electron chi connectivity index (χ0n) is 14.3. The number of ether oxygens (including phenoxy) is 1. The first kappa shape index (κ1) is 17.3. The Morgan fingerprint density at radius 2 is 1.88 bits per heavy atom. The summed E-state index contributed by atoms with van der Waals surface area (Å²) in [7, 11) is -0.919. The molecule has 0 saturated carbocycles. The van der Waals surface area contributed by atoms with Crippen molar-refractivity contribution in [2.24, 2.45) is 5.92 Å². The molecule has 0 bridgehead atoms. The maximum Gasteiger partial charge on any atom is 0.0866 e. The van der Waals surface area contributed by atoms with E-state index < -0.39 is 10.8 Å². The van der Waals surface area contributed by atoms with E-state index in [-0.39, 0.29) is 12.1 Å². The van der Waals surface area contributed by atoms with Crippen molar-refractivity contribution in [2.45, 2.75) is 30.4 Å². The Kier molecular flexibility index (Phi) is 5.82. The molecular formula is C20H25NO2S. The van der Waals surface area contributed by atoms with Crippen LogP contribution in [0.25, 0.3) is 0 Å². The van der Waals surface area contributed by atoms with Gasteiger partial charge in [0.05, 0.1) is 6.10 Å². The smallest absolute Gasteiger partial charge is 0.0866 e. The summed E-state index contributed by atoms with van der Waals surface area (Å²) in [6.07, 6.45) is 2.99. The lowest BCUT2D eigenvalue weighted by Crippen LogP contribution is -2.27. The highest BCUT2D eigenvalue weighted by atomic mass is 32.2. The maximum absolute atomic E-state index is 11.5. The highest BCUT2D eigenvalue weighted by Gasteiger charge is 2.29. The molecule has 1 fully saturated rings. The quantitative estimate of drug-likeness (QED) is 0.866. The molecule has 1 aliphatic heterocycles. The lowest BCUT2D eigenvalue weighted by molar-refractivity contribution is 0.0899. The molecule has 0 unspecified atom stereocenters. The first-order valence-electron chi connectivity index (χ1n) is 8.48. The first-order valence-corrected chi connectivity index (χ1v) is 10.0. The molecule has 0 aromatic heterocycles. The van der Waals surface area contributed by atoms with Crippen molar-refractivity contribution in [3.63, 3.8) is 0 Å². The van der Waals surface area contributed by atoms with Gasteiger partial charge in [-0.25, -0.2) is 0 Å². The summed E-state index contributed by atoms with van der Waals surface area (Å²) < 4.78 is 17.4.